The van der Waals surface area contributed by atoms with Crippen LogP contribution in [0.15, 0.2) is 12.1 Å². The molecule has 3 nitrogen and oxygen atoms in total. The highest BCUT2D eigenvalue weighted by Gasteiger charge is 2.50. The van der Waals surface area contributed by atoms with Gasteiger partial charge in [-0.05, 0) is 60.3 Å². The summed E-state index contributed by atoms with van der Waals surface area (Å²) in [5.41, 5.74) is 1.28. The summed E-state index contributed by atoms with van der Waals surface area (Å²) in [6.07, 6.45) is 10.3. The van der Waals surface area contributed by atoms with Crippen LogP contribution in [0.2, 0.25) is 12.1 Å². The van der Waals surface area contributed by atoms with E-state index in [-0.39, 0.29) is 11.8 Å². The number of hydrogen-bond acceptors (Lipinski definition) is 5. The Labute approximate surface area is 254 Å². The molecule has 216 valence electrons. The van der Waals surface area contributed by atoms with E-state index in [1.807, 2.05) is 29.6 Å². The van der Waals surface area contributed by atoms with E-state index < -0.39 is 8.07 Å². The third kappa shape index (κ3) is 4.93. The number of hydrogen-bond donors (Lipinski definition) is 0. The lowest BCUT2D eigenvalue weighted by atomic mass is 10.0. The third-order valence-electron chi connectivity index (χ3n) is 9.53. The summed E-state index contributed by atoms with van der Waals surface area (Å²) in [5, 5.41) is 3.36. The molecule has 40 heavy (non-hydrogen) atoms. The number of nitrogens with zero attached hydrogens (tertiary/aromatic N) is 1. The van der Waals surface area contributed by atoms with Gasteiger partial charge in [0.15, 0.2) is 0 Å². The quantitative estimate of drug-likeness (QED) is 0.143. The first-order chi connectivity index (χ1) is 19.2. The molecule has 0 saturated heterocycles. The first-order valence-corrected chi connectivity index (χ1v) is 20.3. The monoisotopic (exact) mass is 611 g/mol. The topological polar surface area (TPSA) is 37.4 Å². The standard InChI is InChI=1S/C33H45NO2S3Si/c1-8-12-14-22(10-3)18-40(19-23(11-4)15-13-9-2)25-16-20(5)37-30(25)31-26(40)17-24(39-31)29-28-27(21(6)38-29)32(35)34(7)33(28)36/h16-17,22-23H,8-15,18-19H2,1-7H3. The van der Waals surface area contributed by atoms with Gasteiger partial charge in [0.25, 0.3) is 11.8 Å². The normalized spacial score (nSPS) is 19.3. The van der Waals surface area contributed by atoms with E-state index in [2.05, 4.69) is 46.8 Å². The molecule has 5 heterocycles. The molecule has 3 aromatic rings. The van der Waals surface area contributed by atoms with Crippen LogP contribution < -0.4 is 10.4 Å². The molecule has 0 bridgehead atoms. The number of unbranched alkanes of at least 4 members (excludes halogenated alkanes) is 2. The minimum Gasteiger partial charge on any atom is -0.277 e. The van der Waals surface area contributed by atoms with Gasteiger partial charge in [-0.1, -0.05) is 79.1 Å². The van der Waals surface area contributed by atoms with Gasteiger partial charge in [0, 0.05) is 31.4 Å². The number of thiophene rings is 3. The van der Waals surface area contributed by atoms with Crippen LogP contribution in [0.5, 0.6) is 0 Å². The van der Waals surface area contributed by atoms with E-state index in [9.17, 15) is 9.59 Å². The molecule has 2 aliphatic rings. The summed E-state index contributed by atoms with van der Waals surface area (Å²) in [5.74, 6) is 1.24. The van der Waals surface area contributed by atoms with Gasteiger partial charge in [-0.2, -0.15) is 0 Å². The van der Waals surface area contributed by atoms with Crippen LogP contribution in [0.25, 0.3) is 19.5 Å². The number of imide groups is 1. The smallest absolute Gasteiger partial charge is 0.262 e. The van der Waals surface area contributed by atoms with Crippen LogP contribution in [0.4, 0.5) is 0 Å². The van der Waals surface area contributed by atoms with Crippen molar-refractivity contribution in [2.24, 2.45) is 11.8 Å². The molecule has 0 aliphatic carbocycles. The van der Waals surface area contributed by atoms with Gasteiger partial charge in [-0.3, -0.25) is 14.5 Å². The predicted octanol–water partition coefficient (Wildman–Crippen LogP) is 9.36. The molecular formula is C33H45NO2S3Si. The van der Waals surface area contributed by atoms with Crippen LogP contribution in [0.1, 0.15) is 110 Å². The first kappa shape index (κ1) is 29.9. The van der Waals surface area contributed by atoms with Crippen molar-refractivity contribution in [2.75, 3.05) is 7.05 Å². The molecule has 2 amide bonds. The van der Waals surface area contributed by atoms with Crippen molar-refractivity contribution in [1.29, 1.82) is 0 Å². The van der Waals surface area contributed by atoms with Gasteiger partial charge in [0.05, 0.1) is 16.0 Å². The minimum atomic E-state index is -2.03. The van der Waals surface area contributed by atoms with E-state index in [1.54, 1.807) is 28.8 Å². The van der Waals surface area contributed by atoms with Crippen LogP contribution in [-0.2, 0) is 0 Å². The van der Waals surface area contributed by atoms with Gasteiger partial charge in [-0.15, -0.1) is 34.0 Å². The molecule has 2 atom stereocenters. The van der Waals surface area contributed by atoms with Gasteiger partial charge in [0.1, 0.15) is 8.07 Å². The van der Waals surface area contributed by atoms with E-state index in [0.29, 0.717) is 11.1 Å². The molecule has 0 saturated carbocycles. The van der Waals surface area contributed by atoms with Gasteiger partial charge >= 0.3 is 0 Å². The molecule has 0 aromatic carbocycles. The number of aryl methyl sites for hydroxylation is 2. The Morgan fingerprint density at radius 2 is 1.30 bits per heavy atom. The maximum atomic E-state index is 13.2. The molecule has 0 N–H and O–H groups in total. The molecule has 0 fully saturated rings. The second-order valence-corrected chi connectivity index (χ2v) is 19.8. The zero-order valence-corrected chi connectivity index (χ0v) is 28.8. The molecule has 0 radical (unpaired) electrons. The molecule has 0 spiro atoms. The lowest BCUT2D eigenvalue weighted by Gasteiger charge is -2.35. The highest BCUT2D eigenvalue weighted by molar-refractivity contribution is 7.32. The van der Waals surface area contributed by atoms with Crippen molar-refractivity contribution < 1.29 is 9.59 Å². The van der Waals surface area contributed by atoms with Crippen LogP contribution >= 0.6 is 34.0 Å². The number of fused-ring (bicyclic) bond motifs is 4. The Bertz CT molecular complexity index is 1400. The Balaban J connectivity index is 1.68. The van der Waals surface area contributed by atoms with Crippen LogP contribution in [0.3, 0.4) is 0 Å². The number of amides is 2. The molecule has 2 unspecified atom stereocenters. The minimum absolute atomic E-state index is 0.139. The van der Waals surface area contributed by atoms with Crippen LogP contribution in [0, 0.1) is 25.7 Å². The lowest BCUT2D eigenvalue weighted by Crippen LogP contribution is -2.56. The van der Waals surface area contributed by atoms with Gasteiger partial charge in [-0.25, -0.2) is 0 Å². The average molecular weight is 612 g/mol. The Morgan fingerprint density at radius 1 is 0.750 bits per heavy atom. The first-order valence-electron chi connectivity index (χ1n) is 15.4. The largest absolute Gasteiger partial charge is 0.277 e. The molecule has 7 heteroatoms. The van der Waals surface area contributed by atoms with Crippen molar-refractivity contribution in [3.63, 3.8) is 0 Å². The molecule has 2 aliphatic heterocycles. The SMILES string of the molecule is CCCCC(CC)C[Si]1(CC(CC)CCCC)c2cc(C)sc2-c2sc(-c3sc(C)c4c3C(=O)N(C)C4=O)cc21. The fourth-order valence-corrected chi connectivity index (χ4v) is 18.8. The Kier molecular flexibility index (Phi) is 8.97. The second-order valence-electron chi connectivity index (χ2n) is 12.2. The van der Waals surface area contributed by atoms with E-state index in [0.717, 1.165) is 21.6 Å². The van der Waals surface area contributed by atoms with Gasteiger partial charge in [0.2, 0.25) is 0 Å². The Hall–Kier alpha value is -1.54. The fourth-order valence-electron chi connectivity index (χ4n) is 7.21. The maximum absolute atomic E-state index is 13.2. The van der Waals surface area contributed by atoms with Crippen LogP contribution in [-0.4, -0.2) is 31.8 Å². The van der Waals surface area contributed by atoms with Crippen molar-refractivity contribution in [1.82, 2.24) is 4.90 Å². The highest BCUT2D eigenvalue weighted by Crippen LogP contribution is 2.50. The van der Waals surface area contributed by atoms with Crippen molar-refractivity contribution in [3.8, 4) is 19.5 Å². The summed E-state index contributed by atoms with van der Waals surface area (Å²) in [6, 6.07) is 7.78. The zero-order valence-electron chi connectivity index (χ0n) is 25.4. The Morgan fingerprint density at radius 3 is 1.88 bits per heavy atom. The maximum Gasteiger partial charge on any atom is 0.262 e. The van der Waals surface area contributed by atoms with E-state index >= 15 is 0 Å². The highest BCUT2D eigenvalue weighted by atomic mass is 32.1. The summed E-state index contributed by atoms with van der Waals surface area (Å²) >= 11 is 5.53. The zero-order chi connectivity index (χ0) is 28.8. The number of rotatable bonds is 13. The number of carbonyl (C=O) groups is 2. The molecule has 3 aromatic heterocycles. The van der Waals surface area contributed by atoms with Crippen molar-refractivity contribution in [3.05, 3.63) is 33.0 Å². The lowest BCUT2D eigenvalue weighted by molar-refractivity contribution is 0.0693. The predicted molar refractivity (Wildman–Crippen MR) is 178 cm³/mol. The van der Waals surface area contributed by atoms with E-state index in [4.69, 9.17) is 0 Å². The summed E-state index contributed by atoms with van der Waals surface area (Å²) in [7, 11) is -0.414. The van der Waals surface area contributed by atoms with Crippen molar-refractivity contribution in [2.45, 2.75) is 105 Å². The van der Waals surface area contributed by atoms with Gasteiger partial charge < -0.3 is 0 Å². The molecular weight excluding hydrogens is 567 g/mol. The fraction of sp³-hybridized carbons (Fsp3) is 0.576. The van der Waals surface area contributed by atoms with E-state index in [1.165, 1.54) is 87.9 Å². The average Bonchev–Trinajstić information content (AvgIpc) is 3.72. The number of carbonyl (C=O) groups excluding carboxylic acids is 2. The summed E-state index contributed by atoms with van der Waals surface area (Å²) in [6.45, 7) is 13.7. The third-order valence-corrected chi connectivity index (χ3v) is 18.9. The molecule has 5 rings (SSSR count). The van der Waals surface area contributed by atoms with Crippen molar-refractivity contribution >= 4 is 64.3 Å². The summed E-state index contributed by atoms with van der Waals surface area (Å²) in [4.78, 5) is 35.0. The second kappa shape index (κ2) is 12.0. The summed E-state index contributed by atoms with van der Waals surface area (Å²) < 4.78 is 0.